The van der Waals surface area contributed by atoms with Gasteiger partial charge in [-0.3, -0.25) is 14.4 Å². The zero-order chi connectivity index (χ0) is 21.3. The molecule has 1 amide bonds. The minimum absolute atomic E-state index is 0.0315. The number of aromatic nitrogens is 2. The highest BCUT2D eigenvalue weighted by Crippen LogP contribution is 2.25. The van der Waals surface area contributed by atoms with Crippen molar-refractivity contribution < 1.29 is 13.2 Å². The molecule has 1 atom stereocenters. The van der Waals surface area contributed by atoms with Crippen LogP contribution in [-0.4, -0.2) is 47.7 Å². The summed E-state index contributed by atoms with van der Waals surface area (Å²) in [7, 11) is -3.77. The Morgan fingerprint density at radius 3 is 2.24 bits per heavy atom. The van der Waals surface area contributed by atoms with E-state index in [0.717, 1.165) is 0 Å². The second-order valence-corrected chi connectivity index (χ2v) is 9.77. The number of piperidine rings is 1. The van der Waals surface area contributed by atoms with E-state index in [1.165, 1.54) is 22.5 Å². The van der Waals surface area contributed by atoms with E-state index in [-0.39, 0.29) is 41.4 Å². The van der Waals surface area contributed by atoms with Crippen molar-refractivity contribution >= 4 is 27.0 Å². The molecule has 0 bridgehead atoms. The quantitative estimate of drug-likeness (QED) is 0.613. The van der Waals surface area contributed by atoms with Gasteiger partial charge in [-0.15, -0.1) is 0 Å². The summed E-state index contributed by atoms with van der Waals surface area (Å²) in [5.74, 6) is 0.0878. The molecule has 10 heteroatoms. The number of benzene rings is 1. The van der Waals surface area contributed by atoms with Gasteiger partial charge in [0.15, 0.2) is 0 Å². The third kappa shape index (κ3) is 4.43. The first kappa shape index (κ1) is 21.3. The first-order valence-corrected chi connectivity index (χ1v) is 11.1. The number of sulfonamides is 1. The fourth-order valence-corrected chi connectivity index (χ4v) is 4.77. The van der Waals surface area contributed by atoms with Crippen LogP contribution in [0.3, 0.4) is 0 Å². The molecule has 158 valence electrons. The minimum Gasteiger partial charge on any atom is -0.353 e. The van der Waals surface area contributed by atoms with Crippen LogP contribution >= 0.6 is 0 Å². The average Bonchev–Trinajstić information content (AvgIpc) is 2.68. The van der Waals surface area contributed by atoms with Crippen LogP contribution in [0, 0.1) is 11.8 Å². The van der Waals surface area contributed by atoms with E-state index in [1.807, 2.05) is 20.8 Å². The summed E-state index contributed by atoms with van der Waals surface area (Å²) in [5.41, 5.74) is -1.04. The molecule has 29 heavy (non-hydrogen) atoms. The molecular formula is C19H26N4O5S. The van der Waals surface area contributed by atoms with Crippen LogP contribution in [0.5, 0.6) is 0 Å². The number of nitrogens with zero attached hydrogens (tertiary/aromatic N) is 1. The summed E-state index contributed by atoms with van der Waals surface area (Å²) < 4.78 is 27.3. The molecule has 1 aromatic carbocycles. The van der Waals surface area contributed by atoms with Gasteiger partial charge in [0.05, 0.1) is 15.9 Å². The number of aromatic amines is 2. The van der Waals surface area contributed by atoms with E-state index >= 15 is 0 Å². The Hall–Kier alpha value is -2.46. The van der Waals surface area contributed by atoms with Crippen molar-refractivity contribution in [2.45, 2.75) is 44.6 Å². The van der Waals surface area contributed by atoms with Gasteiger partial charge in [0.25, 0.3) is 0 Å². The fraction of sp³-hybridized carbons (Fsp3) is 0.526. The van der Waals surface area contributed by atoms with Crippen molar-refractivity contribution in [3.05, 3.63) is 38.9 Å². The van der Waals surface area contributed by atoms with Crippen molar-refractivity contribution in [3.63, 3.8) is 0 Å². The van der Waals surface area contributed by atoms with Gasteiger partial charge in [-0.25, -0.2) is 8.42 Å². The fourth-order valence-electron chi connectivity index (χ4n) is 3.27. The predicted molar refractivity (Wildman–Crippen MR) is 109 cm³/mol. The van der Waals surface area contributed by atoms with E-state index in [4.69, 9.17) is 0 Å². The summed E-state index contributed by atoms with van der Waals surface area (Å²) in [5, 5.41) is 2.99. The largest absolute Gasteiger partial charge is 0.353 e. The van der Waals surface area contributed by atoms with Crippen molar-refractivity contribution in [1.82, 2.24) is 19.6 Å². The van der Waals surface area contributed by atoms with E-state index in [9.17, 15) is 22.8 Å². The van der Waals surface area contributed by atoms with Gasteiger partial charge in [0.2, 0.25) is 15.9 Å². The molecule has 1 aliphatic rings. The van der Waals surface area contributed by atoms with Gasteiger partial charge >= 0.3 is 11.1 Å². The molecule has 3 rings (SSSR count). The third-order valence-electron chi connectivity index (χ3n) is 5.53. The topological polar surface area (TPSA) is 132 Å². The maximum atomic E-state index is 13.0. The van der Waals surface area contributed by atoms with Gasteiger partial charge < -0.3 is 15.3 Å². The Balaban J connectivity index is 1.74. The zero-order valence-corrected chi connectivity index (χ0v) is 17.5. The third-order valence-corrected chi connectivity index (χ3v) is 7.42. The summed E-state index contributed by atoms with van der Waals surface area (Å²) in [4.78, 5) is 40.1. The predicted octanol–water partition coefficient (Wildman–Crippen LogP) is 0.778. The average molecular weight is 423 g/mol. The standard InChI is InChI=1S/C19H26N4O5S/c1-11(2)12(3)20-17(24)13-6-8-23(9-7-13)29(27,28)14-4-5-15-16(10-14)22-19(26)18(25)21-15/h4-5,10-13H,6-9H2,1-3H3,(H,20,24)(H,21,25)(H,22,26). The Morgan fingerprint density at radius 1 is 1.07 bits per heavy atom. The van der Waals surface area contributed by atoms with Crippen LogP contribution in [0.2, 0.25) is 0 Å². The molecule has 1 fully saturated rings. The van der Waals surface area contributed by atoms with Crippen LogP contribution in [0.25, 0.3) is 11.0 Å². The minimum atomic E-state index is -3.77. The van der Waals surface area contributed by atoms with Gasteiger partial charge in [-0.05, 0) is 43.9 Å². The summed E-state index contributed by atoms with van der Waals surface area (Å²) in [6.07, 6.45) is 0.904. The van der Waals surface area contributed by atoms with Crippen molar-refractivity contribution in [1.29, 1.82) is 0 Å². The molecule has 0 saturated carbocycles. The van der Waals surface area contributed by atoms with Crippen molar-refractivity contribution in [2.24, 2.45) is 11.8 Å². The first-order valence-electron chi connectivity index (χ1n) is 9.66. The van der Waals surface area contributed by atoms with E-state index < -0.39 is 21.1 Å². The van der Waals surface area contributed by atoms with E-state index in [0.29, 0.717) is 24.3 Å². The number of amides is 1. The highest BCUT2D eigenvalue weighted by Gasteiger charge is 2.32. The second-order valence-electron chi connectivity index (χ2n) is 7.84. The summed E-state index contributed by atoms with van der Waals surface area (Å²) >= 11 is 0. The smallest absolute Gasteiger partial charge is 0.314 e. The molecule has 0 aliphatic carbocycles. The molecule has 1 unspecified atom stereocenters. The lowest BCUT2D eigenvalue weighted by atomic mass is 9.96. The summed E-state index contributed by atoms with van der Waals surface area (Å²) in [6, 6.07) is 4.25. The number of carbonyl (C=O) groups excluding carboxylic acids is 1. The Morgan fingerprint density at radius 2 is 1.66 bits per heavy atom. The maximum Gasteiger partial charge on any atom is 0.314 e. The Labute approximate surface area is 168 Å². The lowest BCUT2D eigenvalue weighted by Crippen LogP contribution is -2.45. The van der Waals surface area contributed by atoms with Crippen molar-refractivity contribution in [3.8, 4) is 0 Å². The lowest BCUT2D eigenvalue weighted by Gasteiger charge is -2.31. The molecule has 2 aromatic rings. The number of H-pyrrole nitrogens is 2. The van der Waals surface area contributed by atoms with Crippen LogP contribution in [0.15, 0.2) is 32.7 Å². The highest BCUT2D eigenvalue weighted by atomic mass is 32.2. The molecule has 1 aromatic heterocycles. The van der Waals surface area contributed by atoms with Crippen molar-refractivity contribution in [2.75, 3.05) is 13.1 Å². The molecule has 0 radical (unpaired) electrons. The monoisotopic (exact) mass is 422 g/mol. The number of hydrogen-bond acceptors (Lipinski definition) is 5. The molecular weight excluding hydrogens is 396 g/mol. The SMILES string of the molecule is CC(C)C(C)NC(=O)C1CCN(S(=O)(=O)c2ccc3[nH]c(=O)c(=O)[nH]c3c2)CC1. The zero-order valence-electron chi connectivity index (χ0n) is 16.7. The van der Waals surface area contributed by atoms with Gasteiger partial charge in [0, 0.05) is 25.0 Å². The Bertz CT molecular complexity index is 1130. The molecule has 0 spiro atoms. The molecule has 3 N–H and O–H groups in total. The number of rotatable bonds is 5. The Kier molecular flexibility index (Phi) is 5.95. The van der Waals surface area contributed by atoms with Crippen LogP contribution in [-0.2, 0) is 14.8 Å². The van der Waals surface area contributed by atoms with E-state index in [1.54, 1.807) is 0 Å². The van der Waals surface area contributed by atoms with Crippen LogP contribution < -0.4 is 16.4 Å². The second kappa shape index (κ2) is 8.11. The highest BCUT2D eigenvalue weighted by molar-refractivity contribution is 7.89. The molecule has 1 aliphatic heterocycles. The van der Waals surface area contributed by atoms with Gasteiger partial charge in [-0.1, -0.05) is 13.8 Å². The summed E-state index contributed by atoms with van der Waals surface area (Å²) in [6.45, 7) is 6.52. The number of nitrogens with one attached hydrogen (secondary N) is 3. The molecule has 2 heterocycles. The number of carbonyl (C=O) groups is 1. The van der Waals surface area contributed by atoms with E-state index in [2.05, 4.69) is 15.3 Å². The molecule has 9 nitrogen and oxygen atoms in total. The first-order chi connectivity index (χ1) is 13.6. The van der Waals surface area contributed by atoms with Gasteiger partial charge in [-0.2, -0.15) is 4.31 Å². The van der Waals surface area contributed by atoms with Gasteiger partial charge in [0.1, 0.15) is 0 Å². The normalized spacial score (nSPS) is 17.5. The number of hydrogen-bond donors (Lipinski definition) is 3. The maximum absolute atomic E-state index is 13.0. The number of fused-ring (bicyclic) bond motifs is 1. The molecule has 1 saturated heterocycles. The van der Waals surface area contributed by atoms with Crippen LogP contribution in [0.4, 0.5) is 0 Å². The lowest BCUT2D eigenvalue weighted by molar-refractivity contribution is -0.127. The van der Waals surface area contributed by atoms with Crippen LogP contribution in [0.1, 0.15) is 33.6 Å².